The maximum Gasteiger partial charge on any atom is 0.241 e. The fraction of sp³-hybridized carbons (Fsp3) is 0.812. The van der Waals surface area contributed by atoms with E-state index in [1.807, 2.05) is 13.8 Å². The molecule has 7 nitrogen and oxygen atoms in total. The lowest BCUT2D eigenvalue weighted by molar-refractivity contribution is -0.146. The molecule has 1 saturated carbocycles. The summed E-state index contributed by atoms with van der Waals surface area (Å²) in [6.45, 7) is 5.29. The van der Waals surface area contributed by atoms with Gasteiger partial charge in [-0.15, -0.1) is 10.2 Å². The van der Waals surface area contributed by atoms with Crippen LogP contribution in [0.3, 0.4) is 0 Å². The molecule has 2 fully saturated rings. The highest BCUT2D eigenvalue weighted by Gasteiger charge is 2.39. The smallest absolute Gasteiger partial charge is 0.241 e. The lowest BCUT2D eigenvalue weighted by Gasteiger charge is -2.35. The summed E-state index contributed by atoms with van der Waals surface area (Å²) in [6, 6.07) is -0.360. The Morgan fingerprint density at radius 2 is 2.13 bits per heavy atom. The van der Waals surface area contributed by atoms with Crippen LogP contribution in [0.2, 0.25) is 0 Å². The van der Waals surface area contributed by atoms with Crippen molar-refractivity contribution in [1.82, 2.24) is 15.1 Å². The van der Waals surface area contributed by atoms with Gasteiger partial charge in [-0.3, -0.25) is 4.79 Å². The highest BCUT2D eigenvalue weighted by Crippen LogP contribution is 2.34. The van der Waals surface area contributed by atoms with Gasteiger partial charge in [-0.2, -0.15) is 0 Å². The van der Waals surface area contributed by atoms with Gasteiger partial charge < -0.3 is 19.2 Å². The number of morpholine rings is 1. The topological polar surface area (TPSA) is 88.7 Å². The highest BCUT2D eigenvalue weighted by molar-refractivity contribution is 5.77. The largest absolute Gasteiger partial charge is 0.423 e. The third-order valence-electron chi connectivity index (χ3n) is 4.70. The molecule has 1 aromatic heterocycles. The molecule has 1 aliphatic heterocycles. The number of hydrogen-bond acceptors (Lipinski definition) is 6. The van der Waals surface area contributed by atoms with E-state index in [0.717, 1.165) is 12.8 Å². The molecule has 7 heteroatoms. The van der Waals surface area contributed by atoms with Crippen molar-refractivity contribution < 1.29 is 19.1 Å². The molecular formula is C16H25N3O4. The number of ether oxygens (including phenoxy) is 1. The van der Waals surface area contributed by atoms with Gasteiger partial charge in [0.2, 0.25) is 17.7 Å². The van der Waals surface area contributed by atoms with E-state index in [-0.39, 0.29) is 24.3 Å². The molecule has 1 saturated heterocycles. The van der Waals surface area contributed by atoms with Crippen molar-refractivity contribution in [2.75, 3.05) is 19.8 Å². The Balaban J connectivity index is 1.73. The van der Waals surface area contributed by atoms with Crippen LogP contribution in [-0.2, 0) is 9.53 Å². The number of hydrogen-bond donors (Lipinski definition) is 1. The maximum absolute atomic E-state index is 12.7. The molecular weight excluding hydrogens is 298 g/mol. The van der Waals surface area contributed by atoms with Crippen LogP contribution in [0, 0.1) is 0 Å². The number of carbonyl (C=O) groups excluding carboxylic acids is 1. The van der Waals surface area contributed by atoms with Crippen LogP contribution in [0.25, 0.3) is 0 Å². The summed E-state index contributed by atoms with van der Waals surface area (Å²) in [5.74, 6) is 1.06. The second-order valence-electron chi connectivity index (χ2n) is 6.92. The third kappa shape index (κ3) is 3.55. The van der Waals surface area contributed by atoms with Crippen molar-refractivity contribution in [1.29, 1.82) is 0 Å². The number of aliphatic hydroxyl groups is 1. The fourth-order valence-electron chi connectivity index (χ4n) is 3.31. The molecule has 1 N–H and O–H groups in total. The second kappa shape index (κ2) is 6.57. The molecule has 1 atom stereocenters. The van der Waals surface area contributed by atoms with Gasteiger partial charge in [0.25, 0.3) is 0 Å². The van der Waals surface area contributed by atoms with E-state index in [2.05, 4.69) is 10.2 Å². The molecule has 3 rings (SSSR count). The Bertz CT molecular complexity index is 551. The Kier molecular flexibility index (Phi) is 4.68. The minimum Gasteiger partial charge on any atom is -0.423 e. The minimum atomic E-state index is -0.849. The van der Waals surface area contributed by atoms with Crippen LogP contribution < -0.4 is 0 Å². The van der Waals surface area contributed by atoms with Crippen molar-refractivity contribution in [3.8, 4) is 0 Å². The molecule has 1 aliphatic carbocycles. The van der Waals surface area contributed by atoms with E-state index in [1.165, 1.54) is 0 Å². The Morgan fingerprint density at radius 3 is 2.78 bits per heavy atom. The zero-order valence-electron chi connectivity index (χ0n) is 13.8. The zero-order chi connectivity index (χ0) is 16.4. The molecule has 0 radical (unpaired) electrons. The van der Waals surface area contributed by atoms with Crippen molar-refractivity contribution in [3.63, 3.8) is 0 Å². The first-order chi connectivity index (χ1) is 11.0. The van der Waals surface area contributed by atoms with Gasteiger partial charge >= 0.3 is 0 Å². The van der Waals surface area contributed by atoms with Crippen molar-refractivity contribution in [2.45, 2.75) is 63.5 Å². The van der Waals surface area contributed by atoms with Crippen LogP contribution in [-0.4, -0.2) is 51.5 Å². The molecule has 0 aromatic carbocycles. The molecule has 128 valence electrons. The van der Waals surface area contributed by atoms with Crippen molar-refractivity contribution in [3.05, 3.63) is 11.8 Å². The first kappa shape index (κ1) is 16.4. The summed E-state index contributed by atoms with van der Waals surface area (Å²) >= 11 is 0. The number of nitrogens with zero attached hydrogens (tertiary/aromatic N) is 3. The summed E-state index contributed by atoms with van der Waals surface area (Å²) in [7, 11) is 0. The van der Waals surface area contributed by atoms with Crippen LogP contribution in [0.5, 0.6) is 0 Å². The van der Waals surface area contributed by atoms with Crippen molar-refractivity contribution in [2.24, 2.45) is 0 Å². The van der Waals surface area contributed by atoms with Gasteiger partial charge in [-0.05, 0) is 12.8 Å². The molecule has 0 unspecified atom stereocenters. The molecule has 0 spiro atoms. The predicted molar refractivity (Wildman–Crippen MR) is 81.7 cm³/mol. The monoisotopic (exact) mass is 323 g/mol. The van der Waals surface area contributed by atoms with E-state index in [9.17, 15) is 9.90 Å². The van der Waals surface area contributed by atoms with Gasteiger partial charge in [0, 0.05) is 12.5 Å². The Labute approximate surface area is 136 Å². The van der Waals surface area contributed by atoms with Gasteiger partial charge in [0.15, 0.2) is 0 Å². The van der Waals surface area contributed by atoms with Crippen LogP contribution in [0.1, 0.15) is 69.7 Å². The minimum absolute atomic E-state index is 0.0630. The summed E-state index contributed by atoms with van der Waals surface area (Å²) in [5.41, 5.74) is -0.849. The SMILES string of the molecule is CC(C)c1nnc([C@H]2COCCN2C(=O)CC2(O)CCCC2)o1. The lowest BCUT2D eigenvalue weighted by atomic mass is 9.96. The van der Waals surface area contributed by atoms with Gasteiger partial charge in [-0.1, -0.05) is 26.7 Å². The summed E-state index contributed by atoms with van der Waals surface area (Å²) in [6.07, 6.45) is 3.53. The number of amides is 1. The average molecular weight is 323 g/mol. The van der Waals surface area contributed by atoms with Crippen LogP contribution in [0.15, 0.2) is 4.42 Å². The van der Waals surface area contributed by atoms with Gasteiger partial charge in [0.05, 0.1) is 25.2 Å². The van der Waals surface area contributed by atoms with Gasteiger partial charge in [-0.25, -0.2) is 0 Å². The van der Waals surface area contributed by atoms with Crippen LogP contribution >= 0.6 is 0 Å². The normalized spacial score (nSPS) is 24.3. The number of aromatic nitrogens is 2. The lowest BCUT2D eigenvalue weighted by Crippen LogP contribution is -2.46. The van der Waals surface area contributed by atoms with E-state index in [4.69, 9.17) is 9.15 Å². The Morgan fingerprint density at radius 1 is 1.39 bits per heavy atom. The summed E-state index contributed by atoms with van der Waals surface area (Å²) in [4.78, 5) is 14.4. The summed E-state index contributed by atoms with van der Waals surface area (Å²) in [5, 5.41) is 18.6. The summed E-state index contributed by atoms with van der Waals surface area (Å²) < 4.78 is 11.2. The molecule has 2 aliphatic rings. The molecule has 23 heavy (non-hydrogen) atoms. The second-order valence-corrected chi connectivity index (χ2v) is 6.92. The quantitative estimate of drug-likeness (QED) is 0.908. The average Bonchev–Trinajstić information content (AvgIpc) is 3.16. The Hall–Kier alpha value is -1.47. The third-order valence-corrected chi connectivity index (χ3v) is 4.70. The van der Waals surface area contributed by atoms with E-state index in [0.29, 0.717) is 44.4 Å². The van der Waals surface area contributed by atoms with E-state index < -0.39 is 5.60 Å². The van der Waals surface area contributed by atoms with E-state index in [1.54, 1.807) is 4.90 Å². The highest BCUT2D eigenvalue weighted by atomic mass is 16.5. The fourth-order valence-corrected chi connectivity index (χ4v) is 3.31. The maximum atomic E-state index is 12.7. The molecule has 0 bridgehead atoms. The van der Waals surface area contributed by atoms with Gasteiger partial charge in [0.1, 0.15) is 6.04 Å². The first-order valence-electron chi connectivity index (χ1n) is 8.41. The standard InChI is InChI=1S/C16H25N3O4/c1-11(2)14-17-18-15(23-14)12-10-22-8-7-19(12)13(20)9-16(21)5-3-4-6-16/h11-12,21H,3-10H2,1-2H3/t12-/m1/s1. The van der Waals surface area contributed by atoms with Crippen molar-refractivity contribution >= 4 is 5.91 Å². The number of carbonyl (C=O) groups is 1. The number of rotatable bonds is 4. The van der Waals surface area contributed by atoms with Crippen LogP contribution in [0.4, 0.5) is 0 Å². The first-order valence-corrected chi connectivity index (χ1v) is 8.41. The molecule has 1 aromatic rings. The molecule has 2 heterocycles. The van der Waals surface area contributed by atoms with E-state index >= 15 is 0 Å². The predicted octanol–water partition coefficient (Wildman–Crippen LogP) is 1.79. The zero-order valence-corrected chi connectivity index (χ0v) is 13.8. The molecule has 1 amide bonds.